The summed E-state index contributed by atoms with van der Waals surface area (Å²) in [4.78, 5) is 0. The molecule has 0 atom stereocenters. The molecule has 2 aromatic rings. The summed E-state index contributed by atoms with van der Waals surface area (Å²) in [5, 5.41) is 9.19. The molecular weight excluding hydrogens is 245 g/mol. The van der Waals surface area contributed by atoms with E-state index in [1.807, 2.05) is 0 Å². The van der Waals surface area contributed by atoms with Crippen molar-refractivity contribution in [1.29, 1.82) is 0 Å². The zero-order valence-electron chi connectivity index (χ0n) is 10.5. The molecule has 0 bridgehead atoms. The molecule has 0 unspecified atom stereocenters. The molecule has 0 saturated carbocycles. The van der Waals surface area contributed by atoms with Crippen molar-refractivity contribution in [1.82, 2.24) is 0 Å². The Kier molecular flexibility index (Phi) is 4.36. The van der Waals surface area contributed by atoms with Crippen LogP contribution in [0.15, 0.2) is 42.5 Å². The quantitative estimate of drug-likeness (QED) is 0.869. The highest BCUT2D eigenvalue weighted by molar-refractivity contribution is 5.35. The number of hydrogen-bond donors (Lipinski definition) is 2. The summed E-state index contributed by atoms with van der Waals surface area (Å²) in [6.07, 6.45) is 0.572. The first-order valence-corrected chi connectivity index (χ1v) is 6.08. The average Bonchev–Trinajstić information content (AvgIpc) is 2.40. The number of halogens is 1. The standard InChI is InChI=1S/C15H16FNO2/c16-13-3-6-15(12(9-13)7-8-17)19-10-11-1-4-14(18)5-2-11/h1-6,9,18H,7-8,10,17H2. The van der Waals surface area contributed by atoms with Crippen LogP contribution in [-0.2, 0) is 13.0 Å². The predicted molar refractivity (Wildman–Crippen MR) is 71.6 cm³/mol. The molecule has 4 heteroatoms. The Morgan fingerprint density at radius 1 is 1.11 bits per heavy atom. The molecule has 100 valence electrons. The van der Waals surface area contributed by atoms with Crippen LogP contribution in [0.4, 0.5) is 4.39 Å². The highest BCUT2D eigenvalue weighted by Crippen LogP contribution is 2.21. The van der Waals surface area contributed by atoms with Crippen LogP contribution in [0.3, 0.4) is 0 Å². The van der Waals surface area contributed by atoms with Crippen molar-refractivity contribution in [2.45, 2.75) is 13.0 Å². The maximum atomic E-state index is 13.2. The van der Waals surface area contributed by atoms with Gasteiger partial charge in [-0.05, 0) is 54.4 Å². The molecule has 0 heterocycles. The van der Waals surface area contributed by atoms with Crippen molar-refractivity contribution in [2.24, 2.45) is 5.73 Å². The number of hydrogen-bond acceptors (Lipinski definition) is 3. The molecule has 2 rings (SSSR count). The van der Waals surface area contributed by atoms with E-state index in [2.05, 4.69) is 0 Å². The van der Waals surface area contributed by atoms with Crippen LogP contribution in [-0.4, -0.2) is 11.7 Å². The first-order valence-electron chi connectivity index (χ1n) is 6.08. The minimum absolute atomic E-state index is 0.217. The topological polar surface area (TPSA) is 55.5 Å². The largest absolute Gasteiger partial charge is 0.508 e. The molecule has 19 heavy (non-hydrogen) atoms. The third-order valence-corrected chi connectivity index (χ3v) is 2.77. The second kappa shape index (κ2) is 6.20. The lowest BCUT2D eigenvalue weighted by molar-refractivity contribution is 0.302. The molecule has 3 nitrogen and oxygen atoms in total. The predicted octanol–water partition coefficient (Wildman–Crippen LogP) is 2.61. The smallest absolute Gasteiger partial charge is 0.123 e. The Labute approximate surface area is 111 Å². The van der Waals surface area contributed by atoms with E-state index in [0.29, 0.717) is 25.3 Å². The Balaban J connectivity index is 2.08. The first-order chi connectivity index (χ1) is 9.19. The second-order valence-electron chi connectivity index (χ2n) is 4.25. The van der Waals surface area contributed by atoms with E-state index in [-0.39, 0.29) is 11.6 Å². The Bertz CT molecular complexity index is 540. The summed E-state index contributed by atoms with van der Waals surface area (Å²) < 4.78 is 18.8. The van der Waals surface area contributed by atoms with Gasteiger partial charge in [0.05, 0.1) is 0 Å². The van der Waals surface area contributed by atoms with Gasteiger partial charge in [-0.1, -0.05) is 12.1 Å². The van der Waals surface area contributed by atoms with Gasteiger partial charge in [0.1, 0.15) is 23.9 Å². The van der Waals surface area contributed by atoms with Gasteiger partial charge in [0.2, 0.25) is 0 Å². The van der Waals surface area contributed by atoms with Gasteiger partial charge in [0.15, 0.2) is 0 Å². The van der Waals surface area contributed by atoms with Crippen molar-refractivity contribution in [3.8, 4) is 11.5 Å². The minimum atomic E-state index is -0.291. The third-order valence-electron chi connectivity index (χ3n) is 2.77. The highest BCUT2D eigenvalue weighted by Gasteiger charge is 2.05. The van der Waals surface area contributed by atoms with Gasteiger partial charge in [0.25, 0.3) is 0 Å². The number of ether oxygens (including phenoxy) is 1. The lowest BCUT2D eigenvalue weighted by Crippen LogP contribution is -2.06. The number of aromatic hydroxyl groups is 1. The van der Waals surface area contributed by atoms with Crippen LogP contribution in [0.1, 0.15) is 11.1 Å². The zero-order chi connectivity index (χ0) is 13.7. The molecule has 0 saturated heterocycles. The first kappa shape index (κ1) is 13.4. The van der Waals surface area contributed by atoms with Crippen LogP contribution in [0, 0.1) is 5.82 Å². The zero-order valence-corrected chi connectivity index (χ0v) is 10.5. The van der Waals surface area contributed by atoms with Gasteiger partial charge < -0.3 is 15.6 Å². The van der Waals surface area contributed by atoms with E-state index >= 15 is 0 Å². The molecule has 0 spiro atoms. The molecule has 0 radical (unpaired) electrons. The Morgan fingerprint density at radius 2 is 1.84 bits per heavy atom. The fourth-order valence-electron chi connectivity index (χ4n) is 1.79. The molecule has 3 N–H and O–H groups in total. The van der Waals surface area contributed by atoms with Crippen molar-refractivity contribution in [3.05, 3.63) is 59.4 Å². The molecule has 2 aromatic carbocycles. The number of phenolic OH excluding ortho intramolecular Hbond substituents is 1. The maximum Gasteiger partial charge on any atom is 0.123 e. The molecule has 0 fully saturated rings. The van der Waals surface area contributed by atoms with E-state index < -0.39 is 0 Å². The number of nitrogens with two attached hydrogens (primary N) is 1. The summed E-state index contributed by atoms with van der Waals surface area (Å²) in [7, 11) is 0. The maximum absolute atomic E-state index is 13.2. The van der Waals surface area contributed by atoms with Gasteiger partial charge in [-0.25, -0.2) is 4.39 Å². The van der Waals surface area contributed by atoms with Crippen molar-refractivity contribution in [3.63, 3.8) is 0 Å². The normalized spacial score (nSPS) is 10.4. The van der Waals surface area contributed by atoms with E-state index in [1.165, 1.54) is 12.1 Å². The molecular formula is C15H16FNO2. The summed E-state index contributed by atoms with van der Waals surface area (Å²) in [5.74, 6) is 0.565. The summed E-state index contributed by atoms with van der Waals surface area (Å²) in [6, 6.07) is 11.2. The van der Waals surface area contributed by atoms with Gasteiger partial charge in [-0.3, -0.25) is 0 Å². The van der Waals surface area contributed by atoms with Gasteiger partial charge >= 0.3 is 0 Å². The van der Waals surface area contributed by atoms with E-state index in [4.69, 9.17) is 10.5 Å². The third kappa shape index (κ3) is 3.69. The second-order valence-corrected chi connectivity index (χ2v) is 4.25. The lowest BCUT2D eigenvalue weighted by Gasteiger charge is -2.11. The van der Waals surface area contributed by atoms with Crippen LogP contribution < -0.4 is 10.5 Å². The fourth-order valence-corrected chi connectivity index (χ4v) is 1.79. The minimum Gasteiger partial charge on any atom is -0.508 e. The SMILES string of the molecule is NCCc1cc(F)ccc1OCc1ccc(O)cc1. The number of benzene rings is 2. The summed E-state index contributed by atoms with van der Waals surface area (Å²) in [6.45, 7) is 0.808. The fraction of sp³-hybridized carbons (Fsp3) is 0.200. The number of phenols is 1. The molecule has 0 amide bonds. The Hall–Kier alpha value is -2.07. The van der Waals surface area contributed by atoms with E-state index in [0.717, 1.165) is 11.1 Å². The summed E-state index contributed by atoms with van der Waals surface area (Å²) >= 11 is 0. The summed E-state index contributed by atoms with van der Waals surface area (Å²) in [5.41, 5.74) is 7.19. The van der Waals surface area contributed by atoms with Gasteiger partial charge in [-0.15, -0.1) is 0 Å². The van der Waals surface area contributed by atoms with Crippen LogP contribution in [0.5, 0.6) is 11.5 Å². The van der Waals surface area contributed by atoms with Crippen LogP contribution in [0.2, 0.25) is 0 Å². The monoisotopic (exact) mass is 261 g/mol. The molecule has 0 aliphatic heterocycles. The lowest BCUT2D eigenvalue weighted by atomic mass is 10.1. The van der Waals surface area contributed by atoms with Crippen molar-refractivity contribution in [2.75, 3.05) is 6.54 Å². The Morgan fingerprint density at radius 3 is 2.53 bits per heavy atom. The molecule has 0 aliphatic rings. The molecule has 0 aliphatic carbocycles. The van der Waals surface area contributed by atoms with Crippen LogP contribution in [0.25, 0.3) is 0 Å². The molecule has 0 aromatic heterocycles. The van der Waals surface area contributed by atoms with Crippen LogP contribution >= 0.6 is 0 Å². The van der Waals surface area contributed by atoms with E-state index in [1.54, 1.807) is 30.3 Å². The average molecular weight is 261 g/mol. The number of rotatable bonds is 5. The van der Waals surface area contributed by atoms with Gasteiger partial charge in [0, 0.05) is 0 Å². The van der Waals surface area contributed by atoms with E-state index in [9.17, 15) is 9.50 Å². The van der Waals surface area contributed by atoms with Crippen molar-refractivity contribution < 1.29 is 14.2 Å². The highest BCUT2D eigenvalue weighted by atomic mass is 19.1. The van der Waals surface area contributed by atoms with Gasteiger partial charge in [-0.2, -0.15) is 0 Å². The van der Waals surface area contributed by atoms with Crippen molar-refractivity contribution >= 4 is 0 Å².